The van der Waals surface area contributed by atoms with Crippen LogP contribution in [0.1, 0.15) is 37.7 Å². The molecule has 3 N–H and O–H groups in total. The number of carbonyl (C=O) groups is 1. The van der Waals surface area contributed by atoms with Gasteiger partial charge in [-0.05, 0) is 31.4 Å². The predicted octanol–water partition coefficient (Wildman–Crippen LogP) is 1.86. The lowest BCUT2D eigenvalue weighted by molar-refractivity contribution is -0.122. The van der Waals surface area contributed by atoms with Crippen molar-refractivity contribution >= 4 is 11.6 Å². The first kappa shape index (κ1) is 13.9. The number of para-hydroxylation sites is 1. The van der Waals surface area contributed by atoms with Crippen LogP contribution in [0.4, 0.5) is 5.69 Å². The third kappa shape index (κ3) is 3.70. The first-order valence-electron chi connectivity index (χ1n) is 6.93. The molecule has 2 unspecified atom stereocenters. The topological polar surface area (TPSA) is 61.4 Å². The van der Waals surface area contributed by atoms with Gasteiger partial charge in [-0.15, -0.1) is 0 Å². The summed E-state index contributed by atoms with van der Waals surface area (Å²) in [7, 11) is 0. The first-order valence-corrected chi connectivity index (χ1v) is 6.93. The van der Waals surface area contributed by atoms with Crippen LogP contribution >= 0.6 is 0 Å². The zero-order chi connectivity index (χ0) is 13.7. The second-order valence-corrected chi connectivity index (χ2v) is 5.20. The van der Waals surface area contributed by atoms with Crippen molar-refractivity contribution < 1.29 is 9.90 Å². The molecule has 104 valence electrons. The largest absolute Gasteiger partial charge is 0.396 e. The second kappa shape index (κ2) is 6.57. The smallest absolute Gasteiger partial charge is 0.220 e. The van der Waals surface area contributed by atoms with Crippen LogP contribution in [-0.4, -0.2) is 30.2 Å². The maximum atomic E-state index is 12.0. The quantitative estimate of drug-likeness (QED) is 0.733. The van der Waals surface area contributed by atoms with E-state index in [4.69, 9.17) is 5.11 Å². The van der Waals surface area contributed by atoms with E-state index >= 15 is 0 Å². The number of fused-ring (bicyclic) bond motifs is 1. The maximum Gasteiger partial charge on any atom is 0.220 e. The Hall–Kier alpha value is -1.55. The van der Waals surface area contributed by atoms with Gasteiger partial charge in [0.1, 0.15) is 0 Å². The molecular weight excluding hydrogens is 240 g/mol. The normalized spacial score (nSPS) is 18.5. The van der Waals surface area contributed by atoms with Crippen LogP contribution in [0, 0.1) is 0 Å². The van der Waals surface area contributed by atoms with Crippen molar-refractivity contribution in [2.24, 2.45) is 0 Å². The highest BCUT2D eigenvalue weighted by Crippen LogP contribution is 2.32. The lowest BCUT2D eigenvalue weighted by atomic mass is 9.97. The first-order chi connectivity index (χ1) is 9.20. The van der Waals surface area contributed by atoms with Gasteiger partial charge in [0.05, 0.1) is 0 Å². The molecule has 1 aromatic rings. The Labute approximate surface area is 114 Å². The molecule has 2 rings (SSSR count). The third-order valence-electron chi connectivity index (χ3n) is 3.57. The van der Waals surface area contributed by atoms with Gasteiger partial charge in [0.15, 0.2) is 0 Å². The van der Waals surface area contributed by atoms with E-state index in [2.05, 4.69) is 22.8 Å². The molecule has 0 aliphatic carbocycles. The molecule has 0 aromatic heterocycles. The van der Waals surface area contributed by atoms with Gasteiger partial charge >= 0.3 is 0 Å². The van der Waals surface area contributed by atoms with Crippen molar-refractivity contribution in [2.75, 3.05) is 18.5 Å². The summed E-state index contributed by atoms with van der Waals surface area (Å²) in [6.45, 7) is 2.99. The lowest BCUT2D eigenvalue weighted by Crippen LogP contribution is -2.33. The van der Waals surface area contributed by atoms with E-state index in [0.717, 1.165) is 25.1 Å². The molecule has 0 radical (unpaired) electrons. The summed E-state index contributed by atoms with van der Waals surface area (Å²) < 4.78 is 0. The minimum Gasteiger partial charge on any atom is -0.396 e. The van der Waals surface area contributed by atoms with E-state index < -0.39 is 0 Å². The number of aliphatic hydroxyl groups excluding tert-OH is 1. The predicted molar refractivity (Wildman–Crippen MR) is 76.2 cm³/mol. The number of hydrogen-bond acceptors (Lipinski definition) is 3. The fraction of sp³-hybridized carbons (Fsp3) is 0.533. The molecule has 0 bridgehead atoms. The molecule has 1 heterocycles. The Morgan fingerprint density at radius 2 is 2.32 bits per heavy atom. The van der Waals surface area contributed by atoms with Crippen molar-refractivity contribution in [3.63, 3.8) is 0 Å². The van der Waals surface area contributed by atoms with Crippen LogP contribution in [0.15, 0.2) is 24.3 Å². The zero-order valence-corrected chi connectivity index (χ0v) is 11.4. The number of rotatable bonds is 6. The fourth-order valence-electron chi connectivity index (χ4n) is 2.57. The monoisotopic (exact) mass is 262 g/mol. The number of carbonyl (C=O) groups excluding carboxylic acids is 1. The molecular formula is C15H22N2O2. The van der Waals surface area contributed by atoms with E-state index in [0.29, 0.717) is 6.42 Å². The molecule has 1 aliphatic rings. The molecule has 0 fully saturated rings. The van der Waals surface area contributed by atoms with Crippen molar-refractivity contribution in [2.45, 2.75) is 38.1 Å². The summed E-state index contributed by atoms with van der Waals surface area (Å²) in [6.07, 6.45) is 2.07. The van der Waals surface area contributed by atoms with Gasteiger partial charge < -0.3 is 15.7 Å². The molecule has 0 saturated carbocycles. The number of anilines is 1. The molecule has 2 atom stereocenters. The van der Waals surface area contributed by atoms with E-state index in [9.17, 15) is 4.79 Å². The van der Waals surface area contributed by atoms with Crippen molar-refractivity contribution in [3.8, 4) is 0 Å². The van der Waals surface area contributed by atoms with Gasteiger partial charge in [-0.2, -0.15) is 0 Å². The summed E-state index contributed by atoms with van der Waals surface area (Å²) in [4.78, 5) is 12.0. The van der Waals surface area contributed by atoms with Crippen molar-refractivity contribution in [3.05, 3.63) is 29.8 Å². The molecule has 4 heteroatoms. The number of nitrogens with one attached hydrogen (secondary N) is 2. The summed E-state index contributed by atoms with van der Waals surface area (Å²) in [5.74, 6) is 0.357. The van der Waals surface area contributed by atoms with Crippen LogP contribution in [0.3, 0.4) is 0 Å². The lowest BCUT2D eigenvalue weighted by Gasteiger charge is -2.15. The average Bonchev–Trinajstić information content (AvgIpc) is 2.80. The number of benzene rings is 1. The Bertz CT molecular complexity index is 434. The molecule has 1 amide bonds. The second-order valence-electron chi connectivity index (χ2n) is 5.20. The Balaban J connectivity index is 1.84. The molecule has 0 saturated heterocycles. The van der Waals surface area contributed by atoms with E-state index in [1.807, 2.05) is 19.1 Å². The Morgan fingerprint density at radius 1 is 1.53 bits per heavy atom. The van der Waals surface area contributed by atoms with Crippen LogP contribution < -0.4 is 10.6 Å². The highest BCUT2D eigenvalue weighted by molar-refractivity contribution is 5.78. The summed E-state index contributed by atoms with van der Waals surface area (Å²) in [5.41, 5.74) is 2.38. The molecule has 1 aliphatic heterocycles. The minimum atomic E-state index is 0.0916. The number of aliphatic hydroxyl groups is 1. The van der Waals surface area contributed by atoms with Gasteiger partial charge in [0.2, 0.25) is 5.91 Å². The third-order valence-corrected chi connectivity index (χ3v) is 3.57. The van der Waals surface area contributed by atoms with Gasteiger partial charge in [-0.1, -0.05) is 18.2 Å². The van der Waals surface area contributed by atoms with Crippen LogP contribution in [0.2, 0.25) is 0 Å². The van der Waals surface area contributed by atoms with Crippen molar-refractivity contribution in [1.82, 2.24) is 5.32 Å². The molecule has 1 aromatic carbocycles. The van der Waals surface area contributed by atoms with E-state index in [1.54, 1.807) is 0 Å². The van der Waals surface area contributed by atoms with E-state index in [-0.39, 0.29) is 24.5 Å². The number of amides is 1. The van der Waals surface area contributed by atoms with Gasteiger partial charge in [0, 0.05) is 37.2 Å². The fourth-order valence-corrected chi connectivity index (χ4v) is 2.57. The Kier molecular flexibility index (Phi) is 4.80. The summed E-state index contributed by atoms with van der Waals surface area (Å²) >= 11 is 0. The van der Waals surface area contributed by atoms with Crippen molar-refractivity contribution in [1.29, 1.82) is 0 Å². The molecule has 19 heavy (non-hydrogen) atoms. The van der Waals surface area contributed by atoms with Crippen LogP contribution in [-0.2, 0) is 4.79 Å². The van der Waals surface area contributed by atoms with Gasteiger partial charge in [-0.25, -0.2) is 0 Å². The SMILES string of the molecule is CC(CCCO)NC(=O)CC1CNc2ccccc21. The van der Waals surface area contributed by atoms with E-state index in [1.165, 1.54) is 5.56 Å². The summed E-state index contributed by atoms with van der Waals surface area (Å²) in [6, 6.07) is 8.29. The molecule has 4 nitrogen and oxygen atoms in total. The Morgan fingerprint density at radius 3 is 3.11 bits per heavy atom. The minimum absolute atomic E-state index is 0.0916. The average molecular weight is 262 g/mol. The maximum absolute atomic E-state index is 12.0. The number of hydrogen-bond donors (Lipinski definition) is 3. The van der Waals surface area contributed by atoms with Gasteiger partial charge in [0.25, 0.3) is 0 Å². The highest BCUT2D eigenvalue weighted by atomic mass is 16.2. The summed E-state index contributed by atoms with van der Waals surface area (Å²) in [5, 5.41) is 15.1. The standard InChI is InChI=1S/C15H22N2O2/c1-11(5-4-8-18)17-15(19)9-12-10-16-14-7-3-2-6-13(12)14/h2-3,6-7,11-12,16,18H,4-5,8-10H2,1H3,(H,17,19). The van der Waals surface area contributed by atoms with Crippen LogP contribution in [0.25, 0.3) is 0 Å². The van der Waals surface area contributed by atoms with Crippen LogP contribution in [0.5, 0.6) is 0 Å². The molecule has 0 spiro atoms. The highest BCUT2D eigenvalue weighted by Gasteiger charge is 2.24. The van der Waals surface area contributed by atoms with Gasteiger partial charge in [-0.3, -0.25) is 4.79 Å². The zero-order valence-electron chi connectivity index (χ0n) is 11.4.